The van der Waals surface area contributed by atoms with Crippen LogP contribution >= 0.6 is 0 Å². The molecule has 2 amide bonds. The Morgan fingerprint density at radius 2 is 1.50 bits per heavy atom. The number of rotatable bonds is 3. The molecule has 1 saturated heterocycles. The highest BCUT2D eigenvalue weighted by molar-refractivity contribution is 6.26. The van der Waals surface area contributed by atoms with E-state index in [0.29, 0.717) is 5.69 Å². The molecule has 0 spiro atoms. The predicted molar refractivity (Wildman–Crippen MR) is 133 cm³/mol. The van der Waals surface area contributed by atoms with Gasteiger partial charge in [-0.3, -0.25) is 9.59 Å². The van der Waals surface area contributed by atoms with Crippen molar-refractivity contribution in [2.75, 3.05) is 4.90 Å². The molecule has 0 bridgehead atoms. The molecule has 0 aliphatic carbocycles. The van der Waals surface area contributed by atoms with Gasteiger partial charge in [0.1, 0.15) is 0 Å². The Balaban J connectivity index is 1.48. The largest absolute Gasteiger partial charge is 0.361 e. The number of nitrogens with one attached hydrogen (secondary N) is 1. The van der Waals surface area contributed by atoms with Crippen LogP contribution in [0, 0.1) is 0 Å². The number of hydrogen-bond donors (Lipinski definition) is 1. The van der Waals surface area contributed by atoms with E-state index in [1.165, 1.54) is 16.0 Å². The van der Waals surface area contributed by atoms with E-state index in [0.717, 1.165) is 46.8 Å². The lowest BCUT2D eigenvalue weighted by molar-refractivity contribution is -0.121. The van der Waals surface area contributed by atoms with Crippen LogP contribution in [0.4, 0.5) is 5.69 Å². The van der Waals surface area contributed by atoms with E-state index in [4.69, 9.17) is 0 Å². The van der Waals surface area contributed by atoms with Crippen LogP contribution in [-0.4, -0.2) is 21.4 Å². The summed E-state index contributed by atoms with van der Waals surface area (Å²) >= 11 is 0. The average molecular weight is 446 g/mol. The Hall–Kier alpha value is -4.12. The fraction of sp³-hybridized carbons (Fsp3) is 0.172. The first kappa shape index (κ1) is 19.4. The number of anilines is 1. The highest BCUT2D eigenvalue weighted by atomic mass is 16.2. The van der Waals surface area contributed by atoms with E-state index < -0.39 is 11.8 Å². The van der Waals surface area contributed by atoms with E-state index in [9.17, 15) is 9.59 Å². The standard InChI is InChI=1S/C29H23N3O2/c33-28-25(22-16-30-24-14-5-4-12-20(22)24)26(29(34)32(28)19-10-2-1-3-11-19)23-17-31-15-7-9-18-8-6-13-21(23)27(18)31/h1-6,8,10-14,16-17,25-26,30H,7,9,15H2. The first-order valence-corrected chi connectivity index (χ1v) is 11.8. The van der Waals surface area contributed by atoms with Gasteiger partial charge in [-0.15, -0.1) is 0 Å². The third kappa shape index (κ3) is 2.61. The van der Waals surface area contributed by atoms with Crippen molar-refractivity contribution in [3.05, 3.63) is 102 Å². The molecule has 2 unspecified atom stereocenters. The second kappa shape index (κ2) is 7.19. The molecule has 2 atom stereocenters. The molecule has 1 N–H and O–H groups in total. The van der Waals surface area contributed by atoms with Gasteiger partial charge in [-0.2, -0.15) is 0 Å². The Bertz CT molecular complexity index is 1590. The molecule has 5 nitrogen and oxygen atoms in total. The van der Waals surface area contributed by atoms with Gasteiger partial charge in [-0.05, 0) is 47.7 Å². The highest BCUT2D eigenvalue weighted by Crippen LogP contribution is 2.48. The van der Waals surface area contributed by atoms with Crippen molar-refractivity contribution in [3.63, 3.8) is 0 Å². The summed E-state index contributed by atoms with van der Waals surface area (Å²) in [7, 11) is 0. The zero-order valence-corrected chi connectivity index (χ0v) is 18.6. The maximum Gasteiger partial charge on any atom is 0.242 e. The number of aromatic amines is 1. The van der Waals surface area contributed by atoms with Crippen LogP contribution in [0.2, 0.25) is 0 Å². The van der Waals surface area contributed by atoms with Crippen LogP contribution in [0.3, 0.4) is 0 Å². The molecule has 5 heteroatoms. The summed E-state index contributed by atoms with van der Waals surface area (Å²) in [5, 5.41) is 2.07. The number of imide groups is 1. The number of aryl methyl sites for hydroxylation is 2. The van der Waals surface area contributed by atoms with Crippen molar-refractivity contribution >= 4 is 39.3 Å². The van der Waals surface area contributed by atoms with E-state index >= 15 is 0 Å². The van der Waals surface area contributed by atoms with Crippen LogP contribution in [0.1, 0.15) is 34.9 Å². The van der Waals surface area contributed by atoms with Crippen molar-refractivity contribution in [1.29, 1.82) is 0 Å². The molecule has 0 radical (unpaired) electrons. The number of carbonyl (C=O) groups is 2. The Labute approximate surface area is 196 Å². The summed E-state index contributed by atoms with van der Waals surface area (Å²) < 4.78 is 2.28. The SMILES string of the molecule is O=C1C(c2c[nH]c3ccccc23)C(c2cn3c4c(cccc24)CCC3)C(=O)N1c1ccccc1. The first-order valence-electron chi connectivity index (χ1n) is 11.8. The van der Waals surface area contributed by atoms with Crippen molar-refractivity contribution in [2.24, 2.45) is 0 Å². The van der Waals surface area contributed by atoms with Crippen molar-refractivity contribution < 1.29 is 9.59 Å². The highest BCUT2D eigenvalue weighted by Gasteiger charge is 2.51. The minimum Gasteiger partial charge on any atom is -0.361 e. The molecule has 2 aliphatic rings. The lowest BCUT2D eigenvalue weighted by Crippen LogP contribution is -2.30. The number of aromatic nitrogens is 2. The lowest BCUT2D eigenvalue weighted by atomic mass is 9.83. The second-order valence-corrected chi connectivity index (χ2v) is 9.29. The van der Waals surface area contributed by atoms with Crippen LogP contribution < -0.4 is 4.90 Å². The molecule has 2 aromatic heterocycles. The number of hydrogen-bond acceptors (Lipinski definition) is 2. The fourth-order valence-electron chi connectivity index (χ4n) is 6.01. The smallest absolute Gasteiger partial charge is 0.242 e. The number of para-hydroxylation sites is 3. The number of nitrogens with zero attached hydrogens (tertiary/aromatic N) is 2. The molecule has 0 saturated carbocycles. The van der Waals surface area contributed by atoms with Gasteiger partial charge in [-0.1, -0.05) is 54.6 Å². The van der Waals surface area contributed by atoms with E-state index in [2.05, 4.69) is 33.9 Å². The second-order valence-electron chi connectivity index (χ2n) is 9.29. The maximum atomic E-state index is 14.1. The molecule has 7 rings (SSSR count). The topological polar surface area (TPSA) is 58.1 Å². The van der Waals surface area contributed by atoms with Gasteiger partial charge in [0.2, 0.25) is 11.8 Å². The molecule has 3 aromatic carbocycles. The number of carbonyl (C=O) groups excluding carboxylic acids is 2. The number of amides is 2. The van der Waals surface area contributed by atoms with Crippen molar-refractivity contribution in [2.45, 2.75) is 31.2 Å². The molecular weight excluding hydrogens is 422 g/mol. The minimum atomic E-state index is -0.590. The Morgan fingerprint density at radius 1 is 0.765 bits per heavy atom. The molecule has 166 valence electrons. The molecule has 2 aliphatic heterocycles. The van der Waals surface area contributed by atoms with Crippen molar-refractivity contribution in [3.8, 4) is 0 Å². The number of H-pyrrole nitrogens is 1. The normalized spacial score (nSPS) is 20.1. The quantitative estimate of drug-likeness (QED) is 0.372. The minimum absolute atomic E-state index is 0.157. The van der Waals surface area contributed by atoms with Gasteiger partial charge in [0, 0.05) is 35.2 Å². The monoisotopic (exact) mass is 445 g/mol. The predicted octanol–water partition coefficient (Wildman–Crippen LogP) is 5.51. The summed E-state index contributed by atoms with van der Waals surface area (Å²) in [6, 6.07) is 23.6. The van der Waals surface area contributed by atoms with E-state index in [1.807, 2.05) is 60.8 Å². The van der Waals surface area contributed by atoms with E-state index in [-0.39, 0.29) is 11.8 Å². The summed E-state index contributed by atoms with van der Waals surface area (Å²) in [4.78, 5) is 32.8. The Morgan fingerprint density at radius 3 is 2.35 bits per heavy atom. The zero-order valence-electron chi connectivity index (χ0n) is 18.6. The third-order valence-electron chi connectivity index (χ3n) is 7.47. The zero-order chi connectivity index (χ0) is 22.8. The van der Waals surface area contributed by atoms with Crippen LogP contribution in [0.25, 0.3) is 21.8 Å². The van der Waals surface area contributed by atoms with Gasteiger partial charge in [-0.25, -0.2) is 4.90 Å². The van der Waals surface area contributed by atoms with Gasteiger partial charge < -0.3 is 9.55 Å². The average Bonchev–Trinajstić information content (AvgIpc) is 3.53. The summed E-state index contributed by atoms with van der Waals surface area (Å²) in [6.45, 7) is 0.933. The number of benzene rings is 3. The van der Waals surface area contributed by atoms with Crippen LogP contribution in [-0.2, 0) is 22.6 Å². The van der Waals surface area contributed by atoms with Crippen LogP contribution in [0.5, 0.6) is 0 Å². The van der Waals surface area contributed by atoms with Crippen molar-refractivity contribution in [1.82, 2.24) is 9.55 Å². The molecule has 1 fully saturated rings. The van der Waals surface area contributed by atoms with E-state index in [1.54, 1.807) is 0 Å². The number of fused-ring (bicyclic) bond motifs is 1. The van der Waals surface area contributed by atoms with Gasteiger partial charge >= 0.3 is 0 Å². The van der Waals surface area contributed by atoms with Gasteiger partial charge in [0.05, 0.1) is 23.0 Å². The fourth-order valence-corrected chi connectivity index (χ4v) is 6.01. The summed E-state index contributed by atoms with van der Waals surface area (Å²) in [5.41, 5.74) is 5.95. The lowest BCUT2D eigenvalue weighted by Gasteiger charge is -2.15. The Kier molecular flexibility index (Phi) is 4.09. The summed E-state index contributed by atoms with van der Waals surface area (Å²) in [5.74, 6) is -1.50. The first-order chi connectivity index (χ1) is 16.7. The molecule has 5 aromatic rings. The van der Waals surface area contributed by atoms with Gasteiger partial charge in [0.25, 0.3) is 0 Å². The van der Waals surface area contributed by atoms with Crippen LogP contribution in [0.15, 0.2) is 85.2 Å². The third-order valence-corrected chi connectivity index (χ3v) is 7.47. The summed E-state index contributed by atoms with van der Waals surface area (Å²) in [6.07, 6.45) is 6.16. The molecular formula is C29H23N3O2. The molecule has 4 heterocycles. The molecule has 34 heavy (non-hydrogen) atoms. The van der Waals surface area contributed by atoms with Gasteiger partial charge in [0.15, 0.2) is 0 Å². The maximum absolute atomic E-state index is 14.1.